The van der Waals surface area contributed by atoms with Crippen molar-refractivity contribution in [2.75, 3.05) is 26.4 Å². The number of fused-ring (bicyclic) bond motifs is 1. The van der Waals surface area contributed by atoms with Crippen LogP contribution in [-0.2, 0) is 9.47 Å². The van der Waals surface area contributed by atoms with E-state index in [1.54, 1.807) is 0 Å². The molecule has 2 saturated heterocycles. The van der Waals surface area contributed by atoms with Gasteiger partial charge in [-0.3, -0.25) is 0 Å². The maximum Gasteiger partial charge on any atom is 0.0984 e. The maximum absolute atomic E-state index is 5.41. The van der Waals surface area contributed by atoms with E-state index >= 15 is 0 Å². The summed E-state index contributed by atoms with van der Waals surface area (Å²) in [7, 11) is 0. The Labute approximate surface area is 54.3 Å². The lowest BCUT2D eigenvalue weighted by Crippen LogP contribution is -2.47. The molecule has 0 aromatic rings. The molecule has 0 aromatic heterocycles. The minimum Gasteiger partial charge on any atom is -0.377 e. The third-order valence-corrected chi connectivity index (χ3v) is 1.87. The van der Waals surface area contributed by atoms with Gasteiger partial charge in [-0.05, 0) is 0 Å². The Hall–Kier alpha value is -0.120. The number of morpholine rings is 1. The predicted octanol–water partition coefficient (Wildman–Crippen LogP) is -0.626. The SMILES string of the molecule is C1COC2COCC2N1. The fourth-order valence-corrected chi connectivity index (χ4v) is 1.34. The van der Waals surface area contributed by atoms with Gasteiger partial charge in [-0.15, -0.1) is 0 Å². The average molecular weight is 129 g/mol. The highest BCUT2D eigenvalue weighted by Gasteiger charge is 2.30. The topological polar surface area (TPSA) is 30.5 Å². The molecule has 2 fully saturated rings. The standard InChI is InChI=1S/C6H11NO2/c1-2-9-6-4-8-3-5(6)7-1/h5-7H,1-4H2. The predicted molar refractivity (Wildman–Crippen MR) is 32.3 cm³/mol. The van der Waals surface area contributed by atoms with E-state index in [2.05, 4.69) is 5.32 Å². The number of ether oxygens (including phenoxy) is 2. The van der Waals surface area contributed by atoms with Crippen molar-refractivity contribution in [2.24, 2.45) is 0 Å². The number of hydrogen-bond donors (Lipinski definition) is 1. The quantitative estimate of drug-likeness (QED) is 0.472. The summed E-state index contributed by atoms with van der Waals surface area (Å²) in [5.41, 5.74) is 0. The second kappa shape index (κ2) is 2.25. The van der Waals surface area contributed by atoms with Crippen LogP contribution in [-0.4, -0.2) is 38.5 Å². The van der Waals surface area contributed by atoms with Crippen molar-refractivity contribution in [1.82, 2.24) is 5.32 Å². The van der Waals surface area contributed by atoms with Gasteiger partial charge in [0.1, 0.15) is 0 Å². The van der Waals surface area contributed by atoms with Gasteiger partial charge in [0.2, 0.25) is 0 Å². The molecule has 0 amide bonds. The van der Waals surface area contributed by atoms with Gasteiger partial charge in [-0.2, -0.15) is 0 Å². The molecule has 0 radical (unpaired) electrons. The van der Waals surface area contributed by atoms with Crippen molar-refractivity contribution in [2.45, 2.75) is 12.1 Å². The van der Waals surface area contributed by atoms with E-state index in [1.807, 2.05) is 0 Å². The Balaban J connectivity index is 1.97. The largest absolute Gasteiger partial charge is 0.377 e. The first-order valence-corrected chi connectivity index (χ1v) is 3.39. The molecule has 2 aliphatic rings. The molecule has 1 N–H and O–H groups in total. The zero-order valence-corrected chi connectivity index (χ0v) is 5.30. The van der Waals surface area contributed by atoms with Crippen LogP contribution in [0.4, 0.5) is 0 Å². The van der Waals surface area contributed by atoms with Gasteiger partial charge in [-0.1, -0.05) is 0 Å². The Morgan fingerprint density at radius 1 is 1.33 bits per heavy atom. The molecule has 0 aromatic carbocycles. The molecule has 2 heterocycles. The molecule has 2 aliphatic heterocycles. The first kappa shape index (κ1) is 5.65. The van der Waals surface area contributed by atoms with Gasteiger partial charge in [0.15, 0.2) is 0 Å². The van der Waals surface area contributed by atoms with Crippen molar-refractivity contribution in [3.05, 3.63) is 0 Å². The van der Waals surface area contributed by atoms with Gasteiger partial charge >= 0.3 is 0 Å². The van der Waals surface area contributed by atoms with Gasteiger partial charge in [0.05, 0.1) is 32.0 Å². The number of hydrogen-bond acceptors (Lipinski definition) is 3. The molecule has 3 heteroatoms. The second-order valence-electron chi connectivity index (χ2n) is 2.51. The lowest BCUT2D eigenvalue weighted by molar-refractivity contribution is 0.0115. The van der Waals surface area contributed by atoms with Crippen molar-refractivity contribution in [1.29, 1.82) is 0 Å². The van der Waals surface area contributed by atoms with Crippen LogP contribution < -0.4 is 5.32 Å². The van der Waals surface area contributed by atoms with Crippen LogP contribution in [0, 0.1) is 0 Å². The fraction of sp³-hybridized carbons (Fsp3) is 1.00. The zero-order chi connectivity index (χ0) is 6.10. The molecule has 2 rings (SSSR count). The molecule has 3 nitrogen and oxygen atoms in total. The van der Waals surface area contributed by atoms with Gasteiger partial charge < -0.3 is 14.8 Å². The summed E-state index contributed by atoms with van der Waals surface area (Å²) < 4.78 is 10.6. The third-order valence-electron chi connectivity index (χ3n) is 1.87. The van der Waals surface area contributed by atoms with E-state index in [1.165, 1.54) is 0 Å². The van der Waals surface area contributed by atoms with E-state index in [9.17, 15) is 0 Å². The van der Waals surface area contributed by atoms with Crippen molar-refractivity contribution >= 4 is 0 Å². The normalized spacial score (nSPS) is 42.7. The van der Waals surface area contributed by atoms with Crippen LogP contribution in [0.5, 0.6) is 0 Å². The Morgan fingerprint density at radius 2 is 2.33 bits per heavy atom. The van der Waals surface area contributed by atoms with Gasteiger partial charge in [0, 0.05) is 6.54 Å². The first-order valence-electron chi connectivity index (χ1n) is 3.39. The van der Waals surface area contributed by atoms with E-state index in [-0.39, 0.29) is 0 Å². The monoisotopic (exact) mass is 129 g/mol. The Morgan fingerprint density at radius 3 is 3.22 bits per heavy atom. The van der Waals surface area contributed by atoms with Gasteiger partial charge in [0.25, 0.3) is 0 Å². The van der Waals surface area contributed by atoms with Crippen LogP contribution in [0.15, 0.2) is 0 Å². The summed E-state index contributed by atoms with van der Waals surface area (Å²) in [6, 6.07) is 0.471. The number of rotatable bonds is 0. The average Bonchev–Trinajstić information content (AvgIpc) is 2.33. The molecule has 2 unspecified atom stereocenters. The molecule has 0 saturated carbocycles. The van der Waals surface area contributed by atoms with Crippen molar-refractivity contribution in [3.63, 3.8) is 0 Å². The Bertz CT molecular complexity index is 95.2. The van der Waals surface area contributed by atoms with Crippen LogP contribution in [0.25, 0.3) is 0 Å². The molecule has 0 bridgehead atoms. The lowest BCUT2D eigenvalue weighted by Gasteiger charge is -2.24. The zero-order valence-electron chi connectivity index (χ0n) is 5.30. The van der Waals surface area contributed by atoms with E-state index < -0.39 is 0 Å². The van der Waals surface area contributed by atoms with Crippen LogP contribution >= 0.6 is 0 Å². The molecule has 52 valence electrons. The summed E-state index contributed by atoms with van der Waals surface area (Å²) in [5, 5.41) is 3.33. The van der Waals surface area contributed by atoms with Crippen LogP contribution in [0.2, 0.25) is 0 Å². The highest BCUT2D eigenvalue weighted by molar-refractivity contribution is 4.84. The summed E-state index contributed by atoms with van der Waals surface area (Å²) in [5.74, 6) is 0. The second-order valence-corrected chi connectivity index (χ2v) is 2.51. The summed E-state index contributed by atoms with van der Waals surface area (Å²) in [6.07, 6.45) is 0.332. The molecule has 0 aliphatic carbocycles. The molecule has 2 atom stereocenters. The minimum absolute atomic E-state index is 0.332. The fourth-order valence-electron chi connectivity index (χ4n) is 1.34. The van der Waals surface area contributed by atoms with E-state index in [4.69, 9.17) is 9.47 Å². The van der Waals surface area contributed by atoms with Crippen molar-refractivity contribution < 1.29 is 9.47 Å². The van der Waals surface area contributed by atoms with E-state index in [0.717, 1.165) is 26.4 Å². The highest BCUT2D eigenvalue weighted by Crippen LogP contribution is 2.11. The van der Waals surface area contributed by atoms with E-state index in [0.29, 0.717) is 12.1 Å². The van der Waals surface area contributed by atoms with Crippen LogP contribution in [0.3, 0.4) is 0 Å². The summed E-state index contributed by atoms with van der Waals surface area (Å²) >= 11 is 0. The smallest absolute Gasteiger partial charge is 0.0984 e. The molecular formula is C6H11NO2. The summed E-state index contributed by atoms with van der Waals surface area (Å²) in [4.78, 5) is 0. The van der Waals surface area contributed by atoms with Crippen LogP contribution in [0.1, 0.15) is 0 Å². The first-order chi connectivity index (χ1) is 4.47. The van der Waals surface area contributed by atoms with Crippen molar-refractivity contribution in [3.8, 4) is 0 Å². The third kappa shape index (κ3) is 0.956. The Kier molecular flexibility index (Phi) is 1.41. The lowest BCUT2D eigenvalue weighted by atomic mass is 10.2. The molecular weight excluding hydrogens is 118 g/mol. The highest BCUT2D eigenvalue weighted by atomic mass is 16.5. The number of nitrogens with one attached hydrogen (secondary N) is 1. The molecule has 9 heavy (non-hydrogen) atoms. The minimum atomic E-state index is 0.332. The molecule has 0 spiro atoms. The van der Waals surface area contributed by atoms with Gasteiger partial charge in [-0.25, -0.2) is 0 Å². The summed E-state index contributed by atoms with van der Waals surface area (Å²) in [6.45, 7) is 3.41. The maximum atomic E-state index is 5.41.